The minimum absolute atomic E-state index is 0.301. The quantitative estimate of drug-likeness (QED) is 0.718. The third-order valence-corrected chi connectivity index (χ3v) is 4.77. The second-order valence-corrected chi connectivity index (χ2v) is 6.38. The van der Waals surface area contributed by atoms with Crippen LogP contribution in [0.1, 0.15) is 23.0 Å². The largest absolute Gasteiger partial charge is 0.343 e. The lowest BCUT2D eigenvalue weighted by Gasteiger charge is -2.39. The Morgan fingerprint density at radius 3 is 1.96 bits per heavy atom. The fourth-order valence-corrected chi connectivity index (χ4v) is 3.53. The first-order valence-electron chi connectivity index (χ1n) is 8.72. The average molecular weight is 334 g/mol. The van der Waals surface area contributed by atoms with Crippen LogP contribution in [0.4, 0.5) is 0 Å². The molecule has 1 fully saturated rings. The van der Waals surface area contributed by atoms with Gasteiger partial charge in [0.15, 0.2) is 5.82 Å². The second kappa shape index (κ2) is 7.59. The van der Waals surface area contributed by atoms with Gasteiger partial charge in [-0.05, 0) is 11.1 Å². The first kappa shape index (κ1) is 16.0. The number of hydrogen-bond donors (Lipinski definition) is 0. The highest BCUT2D eigenvalue weighted by Crippen LogP contribution is 2.29. The predicted octanol–water partition coefficient (Wildman–Crippen LogP) is 2.98. The highest BCUT2D eigenvalue weighted by atomic mass is 16.5. The average Bonchev–Trinajstić information content (AvgIpc) is 3.18. The second-order valence-electron chi connectivity index (χ2n) is 6.38. The van der Waals surface area contributed by atoms with Gasteiger partial charge in [-0.3, -0.25) is 9.80 Å². The molecule has 128 valence electrons. The molecule has 1 saturated heterocycles. The summed E-state index contributed by atoms with van der Waals surface area (Å²) in [5.74, 6) is 0.760. The van der Waals surface area contributed by atoms with Gasteiger partial charge in [0.05, 0.1) is 12.6 Å². The van der Waals surface area contributed by atoms with Crippen LogP contribution in [0.2, 0.25) is 0 Å². The van der Waals surface area contributed by atoms with E-state index in [1.165, 1.54) is 17.5 Å². The normalized spacial score (nSPS) is 16.4. The zero-order chi connectivity index (χ0) is 16.9. The SMILES string of the molecule is c1ccc(C(c2ccccc2)N2CCN(Cc3ncon3)CC2)cc1. The molecule has 0 unspecified atom stereocenters. The molecule has 0 bridgehead atoms. The molecule has 0 atom stereocenters. The molecule has 25 heavy (non-hydrogen) atoms. The molecule has 0 aliphatic carbocycles. The maximum absolute atomic E-state index is 4.83. The van der Waals surface area contributed by atoms with Crippen LogP contribution >= 0.6 is 0 Å². The van der Waals surface area contributed by atoms with Gasteiger partial charge < -0.3 is 4.52 Å². The van der Waals surface area contributed by atoms with Crippen molar-refractivity contribution in [3.05, 3.63) is 84.0 Å². The molecule has 2 aromatic carbocycles. The molecule has 4 rings (SSSR count). The van der Waals surface area contributed by atoms with Gasteiger partial charge in [-0.15, -0.1) is 0 Å². The number of hydrogen-bond acceptors (Lipinski definition) is 5. The summed E-state index contributed by atoms with van der Waals surface area (Å²) in [7, 11) is 0. The molecular weight excluding hydrogens is 312 g/mol. The van der Waals surface area contributed by atoms with Crippen molar-refractivity contribution < 1.29 is 4.52 Å². The van der Waals surface area contributed by atoms with Crippen molar-refractivity contribution in [2.75, 3.05) is 26.2 Å². The fraction of sp³-hybridized carbons (Fsp3) is 0.300. The first-order chi connectivity index (χ1) is 12.4. The topological polar surface area (TPSA) is 45.4 Å². The molecule has 0 spiro atoms. The molecule has 0 N–H and O–H groups in total. The van der Waals surface area contributed by atoms with Crippen molar-refractivity contribution in [2.45, 2.75) is 12.6 Å². The summed E-state index contributed by atoms with van der Waals surface area (Å²) in [6.45, 7) is 4.81. The summed E-state index contributed by atoms with van der Waals surface area (Å²) in [5, 5.41) is 3.92. The van der Waals surface area contributed by atoms with E-state index in [-0.39, 0.29) is 0 Å². The summed E-state index contributed by atoms with van der Waals surface area (Å²) < 4.78 is 4.83. The number of benzene rings is 2. The van der Waals surface area contributed by atoms with Crippen molar-refractivity contribution in [1.82, 2.24) is 19.9 Å². The molecule has 0 radical (unpaired) electrons. The Bertz CT molecular complexity index is 713. The molecule has 0 saturated carbocycles. The monoisotopic (exact) mass is 334 g/mol. The Labute approximate surface area is 147 Å². The standard InChI is InChI=1S/C20H22N4O/c1-3-7-17(8-4-1)20(18-9-5-2-6-10-18)24-13-11-23(12-14-24)15-19-21-16-25-22-19/h1-10,16,20H,11-15H2. The van der Waals surface area contributed by atoms with Crippen molar-refractivity contribution in [1.29, 1.82) is 0 Å². The summed E-state index contributed by atoms with van der Waals surface area (Å²) in [6.07, 6.45) is 1.40. The van der Waals surface area contributed by atoms with Gasteiger partial charge >= 0.3 is 0 Å². The maximum Gasteiger partial charge on any atom is 0.213 e. The van der Waals surface area contributed by atoms with E-state index in [1.54, 1.807) is 0 Å². The highest BCUT2D eigenvalue weighted by Gasteiger charge is 2.26. The number of nitrogens with zero attached hydrogens (tertiary/aromatic N) is 4. The maximum atomic E-state index is 4.83. The molecule has 3 aromatic rings. The Morgan fingerprint density at radius 1 is 0.840 bits per heavy atom. The van der Waals surface area contributed by atoms with Crippen LogP contribution < -0.4 is 0 Å². The zero-order valence-corrected chi connectivity index (χ0v) is 14.2. The van der Waals surface area contributed by atoms with Crippen LogP contribution in [0, 0.1) is 0 Å². The van der Waals surface area contributed by atoms with Gasteiger partial charge in [-0.1, -0.05) is 65.8 Å². The first-order valence-corrected chi connectivity index (χ1v) is 8.72. The van der Waals surface area contributed by atoms with Crippen molar-refractivity contribution in [2.24, 2.45) is 0 Å². The van der Waals surface area contributed by atoms with E-state index in [0.717, 1.165) is 38.5 Å². The van der Waals surface area contributed by atoms with E-state index >= 15 is 0 Å². The van der Waals surface area contributed by atoms with Crippen LogP contribution in [0.25, 0.3) is 0 Å². The predicted molar refractivity (Wildman–Crippen MR) is 95.9 cm³/mol. The van der Waals surface area contributed by atoms with E-state index in [9.17, 15) is 0 Å². The van der Waals surface area contributed by atoms with Gasteiger partial charge in [0, 0.05) is 26.2 Å². The minimum atomic E-state index is 0.301. The molecule has 5 heteroatoms. The molecular formula is C20H22N4O. The number of rotatable bonds is 5. The molecule has 1 aromatic heterocycles. The fourth-order valence-electron chi connectivity index (χ4n) is 3.53. The van der Waals surface area contributed by atoms with Crippen LogP contribution in [0.5, 0.6) is 0 Å². The Kier molecular flexibility index (Phi) is 4.86. The van der Waals surface area contributed by atoms with Gasteiger partial charge in [0.1, 0.15) is 0 Å². The van der Waals surface area contributed by atoms with E-state index in [0.29, 0.717) is 6.04 Å². The van der Waals surface area contributed by atoms with Crippen molar-refractivity contribution in [3.8, 4) is 0 Å². The summed E-state index contributed by atoms with van der Waals surface area (Å²) in [6, 6.07) is 21.8. The van der Waals surface area contributed by atoms with Gasteiger partial charge in [-0.25, -0.2) is 0 Å². The molecule has 1 aliphatic heterocycles. The summed E-state index contributed by atoms with van der Waals surface area (Å²) in [5.41, 5.74) is 2.70. The van der Waals surface area contributed by atoms with Crippen LogP contribution in [0.15, 0.2) is 71.6 Å². The lowest BCUT2D eigenvalue weighted by molar-refractivity contribution is 0.102. The molecule has 1 aliphatic rings. The Balaban J connectivity index is 1.49. The van der Waals surface area contributed by atoms with E-state index < -0.39 is 0 Å². The van der Waals surface area contributed by atoms with Gasteiger partial charge in [0.2, 0.25) is 6.39 Å². The minimum Gasteiger partial charge on any atom is -0.343 e. The van der Waals surface area contributed by atoms with E-state index in [1.807, 2.05) is 0 Å². The van der Waals surface area contributed by atoms with Gasteiger partial charge in [-0.2, -0.15) is 4.98 Å². The summed E-state index contributed by atoms with van der Waals surface area (Å²) in [4.78, 5) is 9.08. The summed E-state index contributed by atoms with van der Waals surface area (Å²) >= 11 is 0. The Morgan fingerprint density at radius 2 is 1.44 bits per heavy atom. The number of piperazine rings is 1. The van der Waals surface area contributed by atoms with Gasteiger partial charge in [0.25, 0.3) is 0 Å². The smallest absolute Gasteiger partial charge is 0.213 e. The van der Waals surface area contributed by atoms with E-state index in [2.05, 4.69) is 80.6 Å². The van der Waals surface area contributed by atoms with Crippen LogP contribution in [0.3, 0.4) is 0 Å². The van der Waals surface area contributed by atoms with Crippen LogP contribution in [-0.4, -0.2) is 46.1 Å². The molecule has 2 heterocycles. The highest BCUT2D eigenvalue weighted by molar-refractivity contribution is 5.31. The lowest BCUT2D eigenvalue weighted by Crippen LogP contribution is -2.47. The number of aromatic nitrogens is 2. The zero-order valence-electron chi connectivity index (χ0n) is 14.2. The lowest BCUT2D eigenvalue weighted by atomic mass is 9.96. The molecule has 5 nitrogen and oxygen atoms in total. The van der Waals surface area contributed by atoms with E-state index in [4.69, 9.17) is 4.52 Å². The van der Waals surface area contributed by atoms with Crippen molar-refractivity contribution >= 4 is 0 Å². The third-order valence-electron chi connectivity index (χ3n) is 4.77. The van der Waals surface area contributed by atoms with Crippen LogP contribution in [-0.2, 0) is 6.54 Å². The molecule has 0 amide bonds. The third kappa shape index (κ3) is 3.78. The Hall–Kier alpha value is -2.50. The van der Waals surface area contributed by atoms with Crippen molar-refractivity contribution in [3.63, 3.8) is 0 Å².